The fraction of sp³-hybridized carbons (Fsp3) is 0.381. The maximum atomic E-state index is 12.7. The lowest BCUT2D eigenvalue weighted by molar-refractivity contribution is -0.167. The Kier molecular flexibility index (Phi) is 6.26. The number of esters is 1. The summed E-state index contributed by atoms with van der Waals surface area (Å²) < 4.78 is 10.5. The lowest BCUT2D eigenvalue weighted by atomic mass is 9.80. The van der Waals surface area contributed by atoms with Gasteiger partial charge in [0.25, 0.3) is 0 Å². The molecule has 0 aromatic heterocycles. The SMILES string of the molecule is CC[C@H](C)/C=C(C)/C=C/C1=CC2=C(Cl)C(=O)[C@@](C)(OC(C)=O)C(=O)C2=CO1. The number of hydrogen-bond donors (Lipinski definition) is 0. The molecule has 144 valence electrons. The van der Waals surface area contributed by atoms with Gasteiger partial charge in [-0.05, 0) is 31.9 Å². The first-order valence-electron chi connectivity index (χ1n) is 8.74. The van der Waals surface area contributed by atoms with Crippen LogP contribution in [0.3, 0.4) is 0 Å². The summed E-state index contributed by atoms with van der Waals surface area (Å²) in [6, 6.07) is 0. The van der Waals surface area contributed by atoms with E-state index in [-0.39, 0.29) is 16.2 Å². The third kappa shape index (κ3) is 4.30. The number of allylic oxidation sites excluding steroid dienone is 6. The Morgan fingerprint density at radius 2 is 2.00 bits per heavy atom. The van der Waals surface area contributed by atoms with E-state index in [0.29, 0.717) is 11.7 Å². The molecule has 0 saturated carbocycles. The normalized spacial score (nSPS) is 24.3. The van der Waals surface area contributed by atoms with E-state index in [1.54, 1.807) is 6.08 Å². The van der Waals surface area contributed by atoms with Crippen LogP contribution in [0.2, 0.25) is 0 Å². The van der Waals surface area contributed by atoms with E-state index in [2.05, 4.69) is 19.9 Å². The number of ketones is 2. The average Bonchev–Trinajstić information content (AvgIpc) is 2.62. The number of halogens is 1. The van der Waals surface area contributed by atoms with E-state index in [1.807, 2.05) is 13.0 Å². The Balaban J connectivity index is 2.36. The summed E-state index contributed by atoms with van der Waals surface area (Å²) in [5.74, 6) is -1.24. The highest BCUT2D eigenvalue weighted by Gasteiger charge is 2.52. The predicted octanol–water partition coefficient (Wildman–Crippen LogP) is 4.30. The molecular weight excluding hydrogens is 368 g/mol. The largest absolute Gasteiger partial charge is 0.464 e. The summed E-state index contributed by atoms with van der Waals surface area (Å²) in [6.07, 6.45) is 9.60. The summed E-state index contributed by atoms with van der Waals surface area (Å²) in [7, 11) is 0. The van der Waals surface area contributed by atoms with Crippen molar-refractivity contribution in [2.24, 2.45) is 5.92 Å². The van der Waals surface area contributed by atoms with Crippen LogP contribution < -0.4 is 0 Å². The molecule has 0 unspecified atom stereocenters. The number of carbonyl (C=O) groups is 3. The standard InChI is InChI=1S/C21H23ClO5/c1-6-12(2)9-13(3)7-8-15-10-16-17(11-26-15)19(24)21(5,27-14(4)23)20(25)18(16)22/h7-12H,6H2,1-5H3/b8-7+,13-9+/t12-,21-/m0/s1. The van der Waals surface area contributed by atoms with Crippen molar-refractivity contribution in [1.29, 1.82) is 0 Å². The van der Waals surface area contributed by atoms with E-state index in [9.17, 15) is 14.4 Å². The number of Topliss-reactive ketones (excluding diaryl/α,β-unsaturated/α-hetero) is 2. The van der Waals surface area contributed by atoms with Gasteiger partial charge in [-0.1, -0.05) is 49.6 Å². The zero-order valence-corrected chi connectivity index (χ0v) is 16.8. The maximum absolute atomic E-state index is 12.7. The average molecular weight is 391 g/mol. The topological polar surface area (TPSA) is 69.7 Å². The van der Waals surface area contributed by atoms with Gasteiger partial charge in [0.05, 0.1) is 10.6 Å². The van der Waals surface area contributed by atoms with Gasteiger partial charge in [0.1, 0.15) is 12.0 Å². The Bertz CT molecular complexity index is 841. The lowest BCUT2D eigenvalue weighted by Crippen LogP contribution is -2.51. The summed E-state index contributed by atoms with van der Waals surface area (Å²) >= 11 is 6.20. The molecule has 0 N–H and O–H groups in total. The quantitative estimate of drug-likeness (QED) is 0.397. The lowest BCUT2D eigenvalue weighted by Gasteiger charge is -2.32. The van der Waals surface area contributed by atoms with Crippen molar-refractivity contribution in [3.05, 3.63) is 58.1 Å². The molecule has 0 aromatic carbocycles. The molecule has 2 atom stereocenters. The molecule has 2 aliphatic rings. The number of carbonyl (C=O) groups excluding carboxylic acids is 3. The second kappa shape index (κ2) is 8.09. The van der Waals surface area contributed by atoms with Crippen LogP contribution in [0, 0.1) is 5.92 Å². The van der Waals surface area contributed by atoms with Crippen molar-refractivity contribution in [2.75, 3.05) is 0 Å². The summed E-state index contributed by atoms with van der Waals surface area (Å²) in [5, 5.41) is -0.161. The van der Waals surface area contributed by atoms with Crippen molar-refractivity contribution < 1.29 is 23.9 Å². The van der Waals surface area contributed by atoms with Crippen LogP contribution in [0.1, 0.15) is 41.0 Å². The van der Waals surface area contributed by atoms with Crippen molar-refractivity contribution in [2.45, 2.75) is 46.6 Å². The van der Waals surface area contributed by atoms with Crippen LogP contribution >= 0.6 is 11.6 Å². The fourth-order valence-corrected chi connectivity index (χ4v) is 3.13. The van der Waals surface area contributed by atoms with E-state index in [1.165, 1.54) is 19.3 Å². The van der Waals surface area contributed by atoms with Crippen LogP contribution in [0.5, 0.6) is 0 Å². The predicted molar refractivity (Wildman–Crippen MR) is 103 cm³/mol. The molecule has 6 heteroatoms. The van der Waals surface area contributed by atoms with Crippen LogP contribution in [0.15, 0.2) is 58.1 Å². The Morgan fingerprint density at radius 1 is 1.33 bits per heavy atom. The van der Waals surface area contributed by atoms with E-state index < -0.39 is 23.1 Å². The molecule has 0 radical (unpaired) electrons. The number of hydrogen-bond acceptors (Lipinski definition) is 5. The van der Waals surface area contributed by atoms with Crippen LogP contribution in [-0.2, 0) is 23.9 Å². The van der Waals surface area contributed by atoms with Crippen molar-refractivity contribution in [3.8, 4) is 0 Å². The summed E-state index contributed by atoms with van der Waals surface area (Å²) in [5.41, 5.74) is -0.529. The molecule has 0 amide bonds. The highest BCUT2D eigenvalue weighted by molar-refractivity contribution is 6.49. The number of fused-ring (bicyclic) bond motifs is 1. The fourth-order valence-electron chi connectivity index (χ4n) is 2.80. The van der Waals surface area contributed by atoms with Gasteiger partial charge in [-0.2, -0.15) is 0 Å². The first kappa shape index (κ1) is 20.9. The molecular formula is C21H23ClO5. The van der Waals surface area contributed by atoms with Gasteiger partial charge >= 0.3 is 5.97 Å². The van der Waals surface area contributed by atoms with Gasteiger partial charge in [-0.3, -0.25) is 14.4 Å². The molecule has 5 nitrogen and oxygen atoms in total. The maximum Gasteiger partial charge on any atom is 0.304 e. The second-order valence-electron chi connectivity index (χ2n) is 6.84. The molecule has 1 heterocycles. The van der Waals surface area contributed by atoms with E-state index >= 15 is 0 Å². The van der Waals surface area contributed by atoms with Crippen molar-refractivity contribution in [1.82, 2.24) is 0 Å². The monoisotopic (exact) mass is 390 g/mol. The van der Waals surface area contributed by atoms with Gasteiger partial charge in [0.15, 0.2) is 0 Å². The highest BCUT2D eigenvalue weighted by Crippen LogP contribution is 2.38. The first-order valence-corrected chi connectivity index (χ1v) is 9.12. The third-order valence-electron chi connectivity index (χ3n) is 4.49. The van der Waals surface area contributed by atoms with E-state index in [0.717, 1.165) is 18.9 Å². The van der Waals surface area contributed by atoms with Crippen molar-refractivity contribution >= 4 is 29.1 Å². The van der Waals surface area contributed by atoms with Gasteiger partial charge in [0.2, 0.25) is 17.2 Å². The molecule has 0 fully saturated rings. The summed E-state index contributed by atoms with van der Waals surface area (Å²) in [6.45, 7) is 8.60. The first-order chi connectivity index (χ1) is 12.6. The molecule has 1 aliphatic carbocycles. The van der Waals surface area contributed by atoms with Gasteiger partial charge in [-0.15, -0.1) is 0 Å². The summed E-state index contributed by atoms with van der Waals surface area (Å²) in [4.78, 5) is 36.6. The minimum absolute atomic E-state index is 0.104. The van der Waals surface area contributed by atoms with Gasteiger partial charge in [0, 0.05) is 12.5 Å². The van der Waals surface area contributed by atoms with Crippen molar-refractivity contribution in [3.63, 3.8) is 0 Å². The Labute approximate surface area is 164 Å². The van der Waals surface area contributed by atoms with E-state index in [4.69, 9.17) is 21.1 Å². The van der Waals surface area contributed by atoms with Crippen LogP contribution in [-0.4, -0.2) is 23.1 Å². The smallest absolute Gasteiger partial charge is 0.304 e. The Hall–Kier alpha value is -2.40. The van der Waals surface area contributed by atoms with Gasteiger partial charge in [-0.25, -0.2) is 0 Å². The zero-order valence-electron chi connectivity index (χ0n) is 16.1. The second-order valence-corrected chi connectivity index (χ2v) is 7.22. The highest BCUT2D eigenvalue weighted by atomic mass is 35.5. The van der Waals surface area contributed by atoms with Crippen LogP contribution in [0.4, 0.5) is 0 Å². The molecule has 1 aliphatic heterocycles. The third-order valence-corrected chi connectivity index (χ3v) is 4.86. The molecule has 27 heavy (non-hydrogen) atoms. The minimum atomic E-state index is -1.97. The molecule has 0 aromatic rings. The molecule has 0 bridgehead atoms. The Morgan fingerprint density at radius 3 is 2.59 bits per heavy atom. The van der Waals surface area contributed by atoms with Gasteiger partial charge < -0.3 is 9.47 Å². The number of ether oxygens (including phenoxy) is 2. The van der Waals surface area contributed by atoms with Crippen LogP contribution in [0.25, 0.3) is 0 Å². The zero-order chi connectivity index (χ0) is 20.4. The molecule has 0 saturated heterocycles. The molecule has 0 spiro atoms. The molecule has 2 rings (SSSR count). The minimum Gasteiger partial charge on any atom is -0.464 e. The number of rotatable bonds is 5.